The summed E-state index contributed by atoms with van der Waals surface area (Å²) in [6.45, 7) is -0.813. The van der Waals surface area contributed by atoms with Crippen molar-refractivity contribution in [2.24, 2.45) is 0 Å². The van der Waals surface area contributed by atoms with E-state index < -0.39 is 46.8 Å². The number of phosphoric ester groups is 1. The van der Waals surface area contributed by atoms with Crippen LogP contribution in [0.5, 0.6) is 0 Å². The standard InChI is InChI=1S/C10H15N5O10P2.2H2O.V/c11-8-5-9(13-2-12-8)15(3-14-5)10-7(17)6(16)4(24-10)1-23-27(21,22)25-26(18,19)20;;;/h2-4,6-7,10,16-17H,1H2,(H,21,22)(H2,11,12,13)(H2,18,19,20);2*1H2;/t4-,6-,7-,10-;;;/m1.../s1. The van der Waals surface area contributed by atoms with Crippen LogP contribution in [0, 0.1) is 0 Å². The van der Waals surface area contributed by atoms with Gasteiger partial charge in [-0.1, -0.05) is 0 Å². The predicted octanol–water partition coefficient (Wildman–Crippen LogP) is -3.40. The summed E-state index contributed by atoms with van der Waals surface area (Å²) in [5.41, 5.74) is 6.11. The zero-order valence-electron chi connectivity index (χ0n) is 14.7. The molecule has 0 saturated carbocycles. The predicted molar refractivity (Wildman–Crippen MR) is 91.8 cm³/mol. The van der Waals surface area contributed by atoms with Crippen LogP contribution in [-0.2, 0) is 41.3 Å². The number of nitrogens with zero attached hydrogens (tertiary/aromatic N) is 4. The first-order valence-corrected chi connectivity index (χ1v) is 10.2. The second-order valence-corrected chi connectivity index (χ2v) is 8.30. The quantitative estimate of drug-likeness (QED) is 0.205. The van der Waals surface area contributed by atoms with Gasteiger partial charge in [0, 0.05) is 18.6 Å². The molecule has 0 aliphatic carbocycles. The number of phosphoric acid groups is 2. The van der Waals surface area contributed by atoms with Crippen molar-refractivity contribution in [3.63, 3.8) is 0 Å². The minimum Gasteiger partial charge on any atom is -0.412 e. The minimum absolute atomic E-state index is 0. The van der Waals surface area contributed by atoms with Crippen molar-refractivity contribution in [1.29, 1.82) is 0 Å². The van der Waals surface area contributed by atoms with E-state index in [1.54, 1.807) is 0 Å². The van der Waals surface area contributed by atoms with Crippen molar-refractivity contribution in [2.45, 2.75) is 24.5 Å². The van der Waals surface area contributed by atoms with E-state index in [-0.39, 0.29) is 46.5 Å². The van der Waals surface area contributed by atoms with Gasteiger partial charge in [-0.25, -0.2) is 24.1 Å². The number of anilines is 1. The van der Waals surface area contributed by atoms with Crippen LogP contribution in [0.15, 0.2) is 12.7 Å². The molecule has 1 saturated heterocycles. The van der Waals surface area contributed by atoms with Gasteiger partial charge in [-0.15, -0.1) is 0 Å². The van der Waals surface area contributed by atoms with Gasteiger partial charge in [0.25, 0.3) is 0 Å². The van der Waals surface area contributed by atoms with Crippen LogP contribution in [0.3, 0.4) is 0 Å². The number of aliphatic hydroxyl groups is 2. The Hall–Kier alpha value is -1.01. The third-order valence-electron chi connectivity index (χ3n) is 3.61. The van der Waals surface area contributed by atoms with Crippen molar-refractivity contribution in [3.8, 4) is 0 Å². The molecular weight excluding hydrogens is 495 g/mol. The minimum atomic E-state index is -5.29. The molecule has 5 atom stereocenters. The van der Waals surface area contributed by atoms with E-state index in [9.17, 15) is 24.2 Å². The molecule has 2 aromatic heterocycles. The Balaban J connectivity index is 0.00000280. The number of nitrogen functional groups attached to an aromatic ring is 1. The molecule has 17 nitrogen and oxygen atoms in total. The van der Waals surface area contributed by atoms with Crippen LogP contribution in [0.1, 0.15) is 6.23 Å². The number of hydrogen-bond acceptors (Lipinski definition) is 11. The Kier molecular flexibility index (Phi) is 10.2. The molecule has 0 amide bonds. The maximum absolute atomic E-state index is 11.5. The van der Waals surface area contributed by atoms with E-state index in [1.165, 1.54) is 10.9 Å². The van der Waals surface area contributed by atoms with Crippen molar-refractivity contribution < 1.29 is 77.1 Å². The van der Waals surface area contributed by atoms with Gasteiger partial charge >= 0.3 is 15.6 Å². The van der Waals surface area contributed by atoms with E-state index in [0.717, 1.165) is 6.33 Å². The van der Waals surface area contributed by atoms with Gasteiger partial charge < -0.3 is 46.3 Å². The Morgan fingerprint density at radius 3 is 2.37 bits per heavy atom. The first kappa shape index (κ1) is 29.0. The van der Waals surface area contributed by atoms with E-state index in [2.05, 4.69) is 23.8 Å². The van der Waals surface area contributed by atoms with Gasteiger partial charge in [-0.3, -0.25) is 9.09 Å². The van der Waals surface area contributed by atoms with E-state index in [4.69, 9.17) is 20.3 Å². The normalized spacial score (nSPS) is 25.6. The molecule has 1 unspecified atom stereocenters. The summed E-state index contributed by atoms with van der Waals surface area (Å²) in [6, 6.07) is 0. The Bertz CT molecular complexity index is 941. The largest absolute Gasteiger partial charge is 0.481 e. The number of ether oxygens (including phenoxy) is 1. The molecule has 0 aromatic carbocycles. The van der Waals surface area contributed by atoms with Gasteiger partial charge in [0.05, 0.1) is 12.9 Å². The summed E-state index contributed by atoms with van der Waals surface area (Å²) in [5.74, 6) is 0.0856. The molecule has 171 valence electrons. The van der Waals surface area contributed by atoms with Crippen molar-refractivity contribution in [3.05, 3.63) is 12.7 Å². The summed E-state index contributed by atoms with van der Waals surface area (Å²) >= 11 is 0. The summed E-state index contributed by atoms with van der Waals surface area (Å²) in [6.07, 6.45) is -3.20. The number of fused-ring (bicyclic) bond motifs is 1. The molecule has 1 aliphatic heterocycles. The number of nitrogens with two attached hydrogens (primary N) is 1. The maximum atomic E-state index is 11.5. The summed E-state index contributed by atoms with van der Waals surface area (Å²) in [5, 5.41) is 20.3. The van der Waals surface area contributed by atoms with E-state index in [1.807, 2.05) is 0 Å². The topological polar surface area (TPSA) is 296 Å². The fraction of sp³-hybridized carbons (Fsp3) is 0.500. The van der Waals surface area contributed by atoms with Crippen LogP contribution < -0.4 is 5.73 Å². The summed E-state index contributed by atoms with van der Waals surface area (Å²) in [4.78, 5) is 38.1. The molecule has 3 rings (SSSR count). The SMILES string of the molecule is Nc1ncnc2c1ncn2[C@@H]1O[C@H](COP(=O)(O)OP(=O)(O)O)[C@@H](O)[C@H]1O.O.O.[V]. The molecule has 0 bridgehead atoms. The van der Waals surface area contributed by atoms with Crippen LogP contribution in [-0.4, -0.2) is 80.3 Å². The van der Waals surface area contributed by atoms with Crippen LogP contribution >= 0.6 is 15.6 Å². The monoisotopic (exact) mass is 514 g/mol. The van der Waals surface area contributed by atoms with Gasteiger partial charge in [0.15, 0.2) is 17.7 Å². The molecule has 0 spiro atoms. The second-order valence-electron chi connectivity index (χ2n) is 5.47. The Morgan fingerprint density at radius 1 is 1.13 bits per heavy atom. The van der Waals surface area contributed by atoms with Gasteiger partial charge in [-0.05, 0) is 0 Å². The molecular formula is C10H19N5O12P2V. The van der Waals surface area contributed by atoms with Crippen LogP contribution in [0.2, 0.25) is 0 Å². The van der Waals surface area contributed by atoms with Gasteiger partial charge in [0.1, 0.15) is 30.2 Å². The second kappa shape index (κ2) is 10.5. The fourth-order valence-electron chi connectivity index (χ4n) is 2.48. The first-order chi connectivity index (χ1) is 12.5. The van der Waals surface area contributed by atoms with Crippen molar-refractivity contribution >= 4 is 32.6 Å². The van der Waals surface area contributed by atoms with Crippen molar-refractivity contribution in [1.82, 2.24) is 19.5 Å². The summed E-state index contributed by atoms with van der Waals surface area (Å²) in [7, 11) is -10.4. The molecule has 2 aromatic rings. The average Bonchev–Trinajstić information content (AvgIpc) is 3.07. The molecule has 20 heteroatoms. The van der Waals surface area contributed by atoms with Crippen LogP contribution in [0.25, 0.3) is 11.2 Å². The third-order valence-corrected chi connectivity index (χ3v) is 5.76. The number of rotatable bonds is 6. The molecule has 11 N–H and O–H groups in total. The zero-order valence-corrected chi connectivity index (χ0v) is 17.8. The molecule has 30 heavy (non-hydrogen) atoms. The fourth-order valence-corrected chi connectivity index (χ4v) is 4.08. The smallest absolute Gasteiger partial charge is 0.412 e. The Morgan fingerprint density at radius 2 is 1.77 bits per heavy atom. The molecule has 1 aliphatic rings. The summed E-state index contributed by atoms with van der Waals surface area (Å²) < 4.78 is 36.8. The zero-order chi connectivity index (χ0) is 20.0. The number of hydrogen-bond donors (Lipinski definition) is 6. The third kappa shape index (κ3) is 6.26. The van der Waals surface area contributed by atoms with Gasteiger partial charge in [-0.2, -0.15) is 4.31 Å². The molecule has 3 heterocycles. The first-order valence-electron chi connectivity index (χ1n) is 7.17. The molecule has 1 radical (unpaired) electrons. The van der Waals surface area contributed by atoms with E-state index in [0.29, 0.717) is 0 Å². The Labute approximate surface area is 179 Å². The van der Waals surface area contributed by atoms with Gasteiger partial charge in [0.2, 0.25) is 0 Å². The van der Waals surface area contributed by atoms with Crippen molar-refractivity contribution in [2.75, 3.05) is 12.3 Å². The maximum Gasteiger partial charge on any atom is 0.481 e. The van der Waals surface area contributed by atoms with Crippen LogP contribution in [0.4, 0.5) is 5.82 Å². The number of aromatic nitrogens is 4. The number of aliphatic hydroxyl groups excluding tert-OH is 2. The number of imidazole rings is 1. The average molecular weight is 514 g/mol. The molecule has 1 fully saturated rings. The van der Waals surface area contributed by atoms with E-state index >= 15 is 0 Å².